The van der Waals surface area contributed by atoms with E-state index in [-0.39, 0.29) is 17.6 Å². The van der Waals surface area contributed by atoms with Crippen molar-refractivity contribution in [2.45, 2.75) is 24.5 Å². The van der Waals surface area contributed by atoms with E-state index in [0.717, 1.165) is 29.0 Å². The van der Waals surface area contributed by atoms with Crippen LogP contribution in [-0.2, 0) is 22.4 Å². The third-order valence-electron chi connectivity index (χ3n) is 3.74. The van der Waals surface area contributed by atoms with Gasteiger partial charge in [-0.05, 0) is 53.3 Å². The standard InChI is InChI=1S/C17H17NO3S2/c19-15(20)5-4-11-2-1-3-12(10-11)18-17(21)16-13-6-8-22-14(13)7-9-23-16/h1-3,6,8,10,16H,4-5,7,9H2,(H,18,21)(H,19,20). The van der Waals surface area contributed by atoms with Crippen molar-refractivity contribution in [3.63, 3.8) is 0 Å². The van der Waals surface area contributed by atoms with Crippen LogP contribution in [0.25, 0.3) is 0 Å². The predicted molar refractivity (Wildman–Crippen MR) is 94.3 cm³/mol. The van der Waals surface area contributed by atoms with E-state index in [0.29, 0.717) is 6.42 Å². The van der Waals surface area contributed by atoms with Gasteiger partial charge in [0.05, 0.1) is 0 Å². The van der Waals surface area contributed by atoms with Crippen molar-refractivity contribution in [2.24, 2.45) is 0 Å². The molecule has 1 aromatic heterocycles. The number of anilines is 1. The van der Waals surface area contributed by atoms with Crippen molar-refractivity contribution in [2.75, 3.05) is 11.1 Å². The van der Waals surface area contributed by atoms with Crippen LogP contribution in [0.15, 0.2) is 35.7 Å². The number of rotatable bonds is 5. The number of carboxylic acid groups (broad SMARTS) is 1. The molecule has 4 nitrogen and oxygen atoms in total. The zero-order chi connectivity index (χ0) is 16.2. The Balaban J connectivity index is 1.69. The van der Waals surface area contributed by atoms with Crippen molar-refractivity contribution in [3.05, 3.63) is 51.7 Å². The predicted octanol–water partition coefficient (Wildman–Crippen LogP) is 3.73. The van der Waals surface area contributed by atoms with E-state index in [9.17, 15) is 9.59 Å². The molecule has 0 saturated carbocycles. The molecule has 0 spiro atoms. The molecule has 120 valence electrons. The number of amides is 1. The van der Waals surface area contributed by atoms with Gasteiger partial charge < -0.3 is 10.4 Å². The van der Waals surface area contributed by atoms with E-state index in [4.69, 9.17) is 5.11 Å². The molecule has 1 aliphatic heterocycles. The average Bonchev–Trinajstić information content (AvgIpc) is 3.01. The van der Waals surface area contributed by atoms with Crippen LogP contribution in [0.5, 0.6) is 0 Å². The number of nitrogens with one attached hydrogen (secondary N) is 1. The smallest absolute Gasteiger partial charge is 0.303 e. The zero-order valence-corrected chi connectivity index (χ0v) is 14.1. The first-order chi connectivity index (χ1) is 11.1. The first-order valence-electron chi connectivity index (χ1n) is 7.43. The van der Waals surface area contributed by atoms with Crippen molar-refractivity contribution >= 4 is 40.7 Å². The molecule has 0 saturated heterocycles. The summed E-state index contributed by atoms with van der Waals surface area (Å²) in [6.07, 6.45) is 1.59. The summed E-state index contributed by atoms with van der Waals surface area (Å²) in [7, 11) is 0. The highest BCUT2D eigenvalue weighted by Crippen LogP contribution is 2.39. The van der Waals surface area contributed by atoms with Crippen LogP contribution in [0.2, 0.25) is 0 Å². The molecule has 0 aliphatic carbocycles. The molecule has 2 heterocycles. The summed E-state index contributed by atoms with van der Waals surface area (Å²) >= 11 is 3.39. The normalized spacial score (nSPS) is 16.6. The van der Waals surface area contributed by atoms with Gasteiger partial charge in [0.25, 0.3) is 0 Å². The fourth-order valence-electron chi connectivity index (χ4n) is 2.63. The van der Waals surface area contributed by atoms with Gasteiger partial charge in [-0.3, -0.25) is 9.59 Å². The van der Waals surface area contributed by atoms with Crippen LogP contribution < -0.4 is 5.32 Å². The number of thioether (sulfide) groups is 1. The minimum Gasteiger partial charge on any atom is -0.481 e. The number of hydrogen-bond acceptors (Lipinski definition) is 4. The lowest BCUT2D eigenvalue weighted by molar-refractivity contribution is -0.137. The van der Waals surface area contributed by atoms with Crippen molar-refractivity contribution in [1.29, 1.82) is 0 Å². The summed E-state index contributed by atoms with van der Waals surface area (Å²) in [4.78, 5) is 24.6. The quantitative estimate of drug-likeness (QED) is 0.865. The second-order valence-corrected chi connectivity index (χ2v) is 7.60. The fraction of sp³-hybridized carbons (Fsp3) is 0.294. The summed E-state index contributed by atoms with van der Waals surface area (Å²) < 4.78 is 0. The highest BCUT2D eigenvalue weighted by molar-refractivity contribution is 8.00. The molecule has 0 radical (unpaired) electrons. The molecule has 3 rings (SSSR count). The molecular weight excluding hydrogens is 330 g/mol. The van der Waals surface area contributed by atoms with E-state index >= 15 is 0 Å². The Labute approximate surface area is 142 Å². The van der Waals surface area contributed by atoms with Crippen LogP contribution >= 0.6 is 23.1 Å². The second-order valence-electron chi connectivity index (χ2n) is 5.38. The minimum atomic E-state index is -0.817. The minimum absolute atomic E-state index is 0.00951. The Hall–Kier alpha value is -1.79. The maximum Gasteiger partial charge on any atom is 0.303 e. The van der Waals surface area contributed by atoms with Crippen molar-refractivity contribution in [3.8, 4) is 0 Å². The molecule has 1 atom stereocenters. The number of carbonyl (C=O) groups excluding carboxylic acids is 1. The molecule has 1 aliphatic rings. The molecule has 1 amide bonds. The average molecular weight is 347 g/mol. The Morgan fingerprint density at radius 3 is 3.00 bits per heavy atom. The monoisotopic (exact) mass is 347 g/mol. The maximum absolute atomic E-state index is 12.6. The van der Waals surface area contributed by atoms with Gasteiger partial charge in [-0.1, -0.05) is 12.1 Å². The third kappa shape index (κ3) is 3.95. The maximum atomic E-state index is 12.6. The number of carbonyl (C=O) groups is 2. The molecule has 2 aromatic rings. The Morgan fingerprint density at radius 2 is 2.17 bits per heavy atom. The van der Waals surface area contributed by atoms with Crippen LogP contribution in [0.3, 0.4) is 0 Å². The number of aryl methyl sites for hydroxylation is 2. The van der Waals surface area contributed by atoms with E-state index in [2.05, 4.69) is 5.32 Å². The summed E-state index contributed by atoms with van der Waals surface area (Å²) in [5.41, 5.74) is 2.77. The van der Waals surface area contributed by atoms with Gasteiger partial charge in [0.15, 0.2) is 0 Å². The molecular formula is C17H17NO3S2. The highest BCUT2D eigenvalue weighted by Gasteiger charge is 2.28. The molecule has 0 bridgehead atoms. The number of carboxylic acids is 1. The first-order valence-corrected chi connectivity index (χ1v) is 9.36. The van der Waals surface area contributed by atoms with Gasteiger partial charge in [0, 0.05) is 17.0 Å². The summed E-state index contributed by atoms with van der Waals surface area (Å²) in [6, 6.07) is 9.45. The fourth-order valence-corrected chi connectivity index (χ4v) is 4.92. The largest absolute Gasteiger partial charge is 0.481 e. The molecule has 0 fully saturated rings. The number of hydrogen-bond donors (Lipinski definition) is 2. The highest BCUT2D eigenvalue weighted by atomic mass is 32.2. The molecule has 6 heteroatoms. The number of thiophene rings is 1. The number of aliphatic carboxylic acids is 1. The van der Waals surface area contributed by atoms with Crippen LogP contribution in [0.4, 0.5) is 5.69 Å². The van der Waals surface area contributed by atoms with Gasteiger partial charge in [-0.15, -0.1) is 23.1 Å². The second kappa shape index (κ2) is 7.19. The topological polar surface area (TPSA) is 66.4 Å². The first kappa shape index (κ1) is 16.1. The lowest BCUT2D eigenvalue weighted by Gasteiger charge is -2.21. The number of benzene rings is 1. The lowest BCUT2D eigenvalue weighted by atomic mass is 10.1. The van der Waals surface area contributed by atoms with E-state index < -0.39 is 5.97 Å². The molecule has 2 N–H and O–H groups in total. The van der Waals surface area contributed by atoms with Crippen molar-refractivity contribution < 1.29 is 14.7 Å². The van der Waals surface area contributed by atoms with Crippen molar-refractivity contribution in [1.82, 2.24) is 0 Å². The van der Waals surface area contributed by atoms with Gasteiger partial charge in [-0.25, -0.2) is 0 Å². The van der Waals surface area contributed by atoms with Crippen LogP contribution in [0.1, 0.15) is 27.7 Å². The Bertz CT molecular complexity index is 726. The summed E-state index contributed by atoms with van der Waals surface area (Å²) in [6.45, 7) is 0. The molecule has 23 heavy (non-hydrogen) atoms. The van der Waals surface area contributed by atoms with Crippen LogP contribution in [-0.4, -0.2) is 22.7 Å². The Morgan fingerprint density at radius 1 is 1.30 bits per heavy atom. The SMILES string of the molecule is O=C(O)CCc1cccc(NC(=O)C2SCCc3sccc32)c1. The van der Waals surface area contributed by atoms with E-state index in [1.807, 2.05) is 35.7 Å². The van der Waals surface area contributed by atoms with Crippen LogP contribution in [0, 0.1) is 0 Å². The Kier molecular flexibility index (Phi) is 5.03. The van der Waals surface area contributed by atoms with Gasteiger partial charge in [-0.2, -0.15) is 0 Å². The molecule has 1 aromatic carbocycles. The summed E-state index contributed by atoms with van der Waals surface area (Å²) in [5.74, 6) is 0.136. The van der Waals surface area contributed by atoms with E-state index in [1.165, 1.54) is 4.88 Å². The van der Waals surface area contributed by atoms with Gasteiger partial charge >= 0.3 is 5.97 Å². The molecule has 1 unspecified atom stereocenters. The number of fused-ring (bicyclic) bond motifs is 1. The third-order valence-corrected chi connectivity index (χ3v) is 5.97. The van der Waals surface area contributed by atoms with Gasteiger partial charge in [0.2, 0.25) is 5.91 Å². The lowest BCUT2D eigenvalue weighted by Crippen LogP contribution is -2.22. The van der Waals surface area contributed by atoms with Gasteiger partial charge in [0.1, 0.15) is 5.25 Å². The zero-order valence-electron chi connectivity index (χ0n) is 12.5. The summed E-state index contributed by atoms with van der Waals surface area (Å²) in [5, 5.41) is 13.6. The van der Waals surface area contributed by atoms with E-state index in [1.54, 1.807) is 23.1 Å².